The highest BCUT2D eigenvalue weighted by Crippen LogP contribution is 2.21. The van der Waals surface area contributed by atoms with Gasteiger partial charge in [-0.05, 0) is 36.8 Å². The molecule has 0 saturated heterocycles. The van der Waals surface area contributed by atoms with Crippen LogP contribution in [0, 0.1) is 6.92 Å². The number of nitrogens with zero attached hydrogens (tertiary/aromatic N) is 2. The topological polar surface area (TPSA) is 38.9 Å². The van der Waals surface area contributed by atoms with Gasteiger partial charge in [-0.3, -0.25) is 0 Å². The first kappa shape index (κ1) is 13.6. The largest absolute Gasteiger partial charge is 0.417 e. The minimum absolute atomic E-state index is 0.450. The van der Waals surface area contributed by atoms with E-state index >= 15 is 0 Å². The first-order valence-electron chi connectivity index (χ1n) is 6.55. The van der Waals surface area contributed by atoms with E-state index in [1.54, 1.807) is 6.08 Å². The molecule has 0 atom stereocenters. The predicted molar refractivity (Wildman–Crippen MR) is 84.9 cm³/mol. The summed E-state index contributed by atoms with van der Waals surface area (Å²) in [5, 5.41) is 8.77. The van der Waals surface area contributed by atoms with Crippen LogP contribution in [0.1, 0.15) is 17.0 Å². The first-order valence-corrected chi connectivity index (χ1v) is 6.93. The van der Waals surface area contributed by atoms with Crippen LogP contribution in [-0.2, 0) is 0 Å². The number of rotatable bonds is 3. The normalized spacial score (nSPS) is 11.1. The second kappa shape index (κ2) is 5.94. The molecule has 104 valence electrons. The number of halogens is 1. The summed E-state index contributed by atoms with van der Waals surface area (Å²) >= 11 is 6.09. The first-order chi connectivity index (χ1) is 10.2. The van der Waals surface area contributed by atoms with Crippen molar-refractivity contribution in [3.63, 3.8) is 0 Å². The Labute approximate surface area is 127 Å². The van der Waals surface area contributed by atoms with Crippen LogP contribution in [0.25, 0.3) is 23.6 Å². The zero-order valence-electron chi connectivity index (χ0n) is 11.5. The Balaban J connectivity index is 1.84. The lowest BCUT2D eigenvalue weighted by atomic mass is 10.1. The average Bonchev–Trinajstić information content (AvgIpc) is 2.95. The summed E-state index contributed by atoms with van der Waals surface area (Å²) in [6.07, 6.45) is 3.61. The van der Waals surface area contributed by atoms with Gasteiger partial charge in [-0.25, -0.2) is 0 Å². The Kier molecular flexibility index (Phi) is 3.84. The molecule has 0 saturated carbocycles. The highest BCUT2D eigenvalue weighted by molar-refractivity contribution is 6.32. The molecule has 4 heteroatoms. The van der Waals surface area contributed by atoms with Crippen LogP contribution in [0.15, 0.2) is 52.9 Å². The number of aryl methyl sites for hydroxylation is 1. The number of hydrogen-bond acceptors (Lipinski definition) is 3. The molecule has 0 aliphatic heterocycles. The highest BCUT2D eigenvalue weighted by atomic mass is 35.5. The van der Waals surface area contributed by atoms with Gasteiger partial charge in [-0.2, -0.15) is 0 Å². The van der Waals surface area contributed by atoms with E-state index in [4.69, 9.17) is 16.0 Å². The molecular weight excluding hydrogens is 284 g/mol. The van der Waals surface area contributed by atoms with Crippen molar-refractivity contribution in [2.75, 3.05) is 0 Å². The van der Waals surface area contributed by atoms with E-state index in [-0.39, 0.29) is 0 Å². The quantitative estimate of drug-likeness (QED) is 0.692. The van der Waals surface area contributed by atoms with E-state index in [1.165, 1.54) is 0 Å². The van der Waals surface area contributed by atoms with Crippen molar-refractivity contribution in [1.82, 2.24) is 10.2 Å². The van der Waals surface area contributed by atoms with Gasteiger partial charge in [0, 0.05) is 16.7 Å². The molecule has 1 aromatic heterocycles. The Morgan fingerprint density at radius 3 is 2.67 bits per heavy atom. The number of benzene rings is 2. The van der Waals surface area contributed by atoms with Crippen LogP contribution in [0.5, 0.6) is 0 Å². The van der Waals surface area contributed by atoms with Crippen LogP contribution < -0.4 is 0 Å². The minimum Gasteiger partial charge on any atom is -0.417 e. The van der Waals surface area contributed by atoms with Crippen molar-refractivity contribution in [3.05, 3.63) is 70.6 Å². The Hall–Kier alpha value is -2.39. The molecule has 0 aliphatic carbocycles. The van der Waals surface area contributed by atoms with Gasteiger partial charge < -0.3 is 4.42 Å². The molecular formula is C17H13ClN2O. The molecule has 0 unspecified atom stereocenters. The standard InChI is InChI=1S/C17H13ClN2O/c1-12-5-4-7-14(11-12)17-20-19-16(21-17)10-9-13-6-2-3-8-15(13)18/h2-11H,1H3/b10-9+. The van der Waals surface area contributed by atoms with Crippen LogP contribution in [0.3, 0.4) is 0 Å². The maximum Gasteiger partial charge on any atom is 0.248 e. The van der Waals surface area contributed by atoms with E-state index in [0.717, 1.165) is 16.7 Å². The third-order valence-electron chi connectivity index (χ3n) is 3.02. The summed E-state index contributed by atoms with van der Waals surface area (Å²) in [5.41, 5.74) is 2.98. The summed E-state index contributed by atoms with van der Waals surface area (Å²) in [6, 6.07) is 15.5. The smallest absolute Gasteiger partial charge is 0.248 e. The Morgan fingerprint density at radius 1 is 1.00 bits per heavy atom. The average molecular weight is 297 g/mol. The fourth-order valence-electron chi connectivity index (χ4n) is 1.97. The molecule has 1 heterocycles. The number of hydrogen-bond donors (Lipinski definition) is 0. The molecule has 0 spiro atoms. The third-order valence-corrected chi connectivity index (χ3v) is 3.36. The van der Waals surface area contributed by atoms with Crippen molar-refractivity contribution < 1.29 is 4.42 Å². The minimum atomic E-state index is 0.450. The van der Waals surface area contributed by atoms with Gasteiger partial charge >= 0.3 is 0 Å². The molecule has 0 N–H and O–H groups in total. The lowest BCUT2D eigenvalue weighted by molar-refractivity contribution is 0.558. The van der Waals surface area contributed by atoms with Crippen LogP contribution in [0.2, 0.25) is 5.02 Å². The van der Waals surface area contributed by atoms with Gasteiger partial charge in [0.1, 0.15) is 0 Å². The molecule has 3 nitrogen and oxygen atoms in total. The predicted octanol–water partition coefficient (Wildman–Crippen LogP) is 4.87. The van der Waals surface area contributed by atoms with Crippen molar-refractivity contribution in [2.45, 2.75) is 6.92 Å². The van der Waals surface area contributed by atoms with E-state index < -0.39 is 0 Å². The van der Waals surface area contributed by atoms with Crippen molar-refractivity contribution in [1.29, 1.82) is 0 Å². The molecule has 0 amide bonds. The van der Waals surface area contributed by atoms with Crippen LogP contribution in [0.4, 0.5) is 0 Å². The van der Waals surface area contributed by atoms with E-state index in [0.29, 0.717) is 16.8 Å². The van der Waals surface area contributed by atoms with Crippen LogP contribution >= 0.6 is 11.6 Å². The van der Waals surface area contributed by atoms with Gasteiger partial charge in [0.15, 0.2) is 0 Å². The lowest BCUT2D eigenvalue weighted by Gasteiger charge is -1.96. The SMILES string of the molecule is Cc1cccc(-c2nnc(/C=C/c3ccccc3Cl)o2)c1. The summed E-state index contributed by atoms with van der Waals surface area (Å²) in [7, 11) is 0. The van der Waals surface area contributed by atoms with Crippen molar-refractivity contribution in [3.8, 4) is 11.5 Å². The number of aromatic nitrogens is 2. The van der Waals surface area contributed by atoms with Gasteiger partial charge in [0.05, 0.1) is 0 Å². The molecule has 0 radical (unpaired) electrons. The molecule has 0 aliphatic rings. The van der Waals surface area contributed by atoms with E-state index in [1.807, 2.05) is 61.5 Å². The Morgan fingerprint density at radius 2 is 1.86 bits per heavy atom. The van der Waals surface area contributed by atoms with Gasteiger partial charge in [-0.15, -0.1) is 10.2 Å². The van der Waals surface area contributed by atoms with Crippen molar-refractivity contribution >= 4 is 23.8 Å². The summed E-state index contributed by atoms with van der Waals surface area (Å²) in [6.45, 7) is 2.03. The zero-order chi connectivity index (χ0) is 14.7. The molecule has 3 aromatic rings. The van der Waals surface area contributed by atoms with E-state index in [2.05, 4.69) is 10.2 Å². The van der Waals surface area contributed by atoms with Crippen LogP contribution in [-0.4, -0.2) is 10.2 Å². The van der Waals surface area contributed by atoms with Gasteiger partial charge in [-0.1, -0.05) is 47.5 Å². The zero-order valence-corrected chi connectivity index (χ0v) is 12.2. The highest BCUT2D eigenvalue weighted by Gasteiger charge is 2.06. The molecule has 3 rings (SSSR count). The summed E-state index contributed by atoms with van der Waals surface area (Å²) in [5.74, 6) is 0.962. The molecule has 21 heavy (non-hydrogen) atoms. The Bertz CT molecular complexity index is 793. The van der Waals surface area contributed by atoms with E-state index in [9.17, 15) is 0 Å². The summed E-state index contributed by atoms with van der Waals surface area (Å²) < 4.78 is 5.63. The van der Waals surface area contributed by atoms with Crippen molar-refractivity contribution in [2.24, 2.45) is 0 Å². The second-order valence-electron chi connectivity index (χ2n) is 4.67. The fraction of sp³-hybridized carbons (Fsp3) is 0.0588. The fourth-order valence-corrected chi connectivity index (χ4v) is 2.17. The maximum atomic E-state index is 6.09. The molecule has 2 aromatic carbocycles. The lowest BCUT2D eigenvalue weighted by Crippen LogP contribution is -1.78. The second-order valence-corrected chi connectivity index (χ2v) is 5.08. The molecule has 0 bridgehead atoms. The monoisotopic (exact) mass is 296 g/mol. The third kappa shape index (κ3) is 3.20. The summed E-state index contributed by atoms with van der Waals surface area (Å²) in [4.78, 5) is 0. The van der Waals surface area contributed by atoms with Gasteiger partial charge in [0.2, 0.25) is 11.8 Å². The van der Waals surface area contributed by atoms with Gasteiger partial charge in [0.25, 0.3) is 0 Å². The maximum absolute atomic E-state index is 6.09. The molecule has 0 fully saturated rings.